The maximum atomic E-state index is 13.6. The van der Waals surface area contributed by atoms with Crippen LogP contribution < -0.4 is 10.6 Å². The molecular weight excluding hydrogens is 464 g/mol. The molecule has 1 aromatic carbocycles. The minimum absolute atomic E-state index is 0.0358. The van der Waals surface area contributed by atoms with Gasteiger partial charge in [-0.3, -0.25) is 4.79 Å². The number of aromatic nitrogens is 2. The number of nitrogens with zero attached hydrogens (tertiary/aromatic N) is 2. The topological polar surface area (TPSA) is 59.0 Å². The Balaban J connectivity index is 1.55. The average molecular weight is 485 g/mol. The standard InChI is InChI=1S/C22H21Cl2F3N4O/c1-10-19(22(25,26)27)30-31-18(13-4-5-15(23)16(24)8-13)14(9-28-20(10)31)21(32)29-17-7-11-2-3-12(17)6-11/h4-5,8-9,11-12,17-18,28H,2-3,6-7H2,1H3,(H,29,32). The molecule has 5 nitrogen and oxygen atoms in total. The molecule has 32 heavy (non-hydrogen) atoms. The maximum Gasteiger partial charge on any atom is 0.435 e. The van der Waals surface area contributed by atoms with Gasteiger partial charge in [0.2, 0.25) is 0 Å². The first-order chi connectivity index (χ1) is 15.1. The van der Waals surface area contributed by atoms with E-state index in [1.54, 1.807) is 18.2 Å². The first-order valence-corrected chi connectivity index (χ1v) is 11.3. The van der Waals surface area contributed by atoms with Crippen LogP contribution in [0.25, 0.3) is 0 Å². The van der Waals surface area contributed by atoms with Gasteiger partial charge in [-0.2, -0.15) is 18.3 Å². The van der Waals surface area contributed by atoms with E-state index < -0.39 is 17.9 Å². The SMILES string of the molecule is Cc1c(C(F)(F)F)nn2c1NC=C(C(=O)NC1CC3CCC1C3)C2c1ccc(Cl)c(Cl)c1. The molecule has 1 aromatic heterocycles. The van der Waals surface area contributed by atoms with Crippen LogP contribution in [0.2, 0.25) is 10.0 Å². The lowest BCUT2D eigenvalue weighted by Gasteiger charge is -2.29. The van der Waals surface area contributed by atoms with Crippen molar-refractivity contribution in [1.82, 2.24) is 15.1 Å². The van der Waals surface area contributed by atoms with Crippen molar-refractivity contribution in [3.8, 4) is 0 Å². The number of benzene rings is 1. The minimum atomic E-state index is -4.62. The first kappa shape index (κ1) is 21.6. The predicted octanol–water partition coefficient (Wildman–Crippen LogP) is 5.72. The third-order valence-electron chi connectivity index (χ3n) is 6.90. The lowest BCUT2D eigenvalue weighted by Crippen LogP contribution is -2.41. The van der Waals surface area contributed by atoms with Crippen LogP contribution in [0.1, 0.15) is 48.5 Å². The zero-order valence-electron chi connectivity index (χ0n) is 17.1. The predicted molar refractivity (Wildman–Crippen MR) is 116 cm³/mol. The van der Waals surface area contributed by atoms with E-state index >= 15 is 0 Å². The van der Waals surface area contributed by atoms with Gasteiger partial charge in [-0.1, -0.05) is 35.7 Å². The molecule has 2 aliphatic carbocycles. The van der Waals surface area contributed by atoms with Gasteiger partial charge in [0.05, 0.1) is 15.6 Å². The Morgan fingerprint density at radius 1 is 1.22 bits per heavy atom. The monoisotopic (exact) mass is 484 g/mol. The molecule has 170 valence electrons. The summed E-state index contributed by atoms with van der Waals surface area (Å²) in [5.41, 5.74) is -0.234. The number of halogens is 5. The first-order valence-electron chi connectivity index (χ1n) is 10.5. The molecule has 4 atom stereocenters. The van der Waals surface area contributed by atoms with E-state index in [0.717, 1.165) is 19.3 Å². The van der Waals surface area contributed by atoms with Crippen molar-refractivity contribution in [2.75, 3.05) is 5.32 Å². The fraction of sp³-hybridized carbons (Fsp3) is 0.455. The lowest BCUT2D eigenvalue weighted by atomic mass is 9.93. The minimum Gasteiger partial charge on any atom is -0.349 e. The molecule has 2 N–H and O–H groups in total. The molecule has 2 heterocycles. The summed E-state index contributed by atoms with van der Waals surface area (Å²) in [5.74, 6) is 0.969. The highest BCUT2D eigenvalue weighted by molar-refractivity contribution is 6.42. The highest BCUT2D eigenvalue weighted by Crippen LogP contribution is 2.45. The van der Waals surface area contributed by atoms with E-state index in [9.17, 15) is 18.0 Å². The molecule has 2 aromatic rings. The Morgan fingerprint density at radius 2 is 2.00 bits per heavy atom. The second-order valence-electron chi connectivity index (χ2n) is 8.84. The zero-order chi connectivity index (χ0) is 22.8. The van der Waals surface area contributed by atoms with Crippen LogP contribution in [0, 0.1) is 18.8 Å². The molecule has 4 unspecified atom stereocenters. The van der Waals surface area contributed by atoms with E-state index in [2.05, 4.69) is 15.7 Å². The molecule has 0 radical (unpaired) electrons. The molecule has 5 rings (SSSR count). The van der Waals surface area contributed by atoms with E-state index in [0.29, 0.717) is 22.4 Å². The van der Waals surface area contributed by atoms with Gasteiger partial charge < -0.3 is 10.6 Å². The van der Waals surface area contributed by atoms with Crippen molar-refractivity contribution in [3.63, 3.8) is 0 Å². The molecule has 2 saturated carbocycles. The molecular formula is C22H21Cl2F3N4O. The summed E-state index contributed by atoms with van der Waals surface area (Å²) in [6.45, 7) is 1.36. The molecule has 0 spiro atoms. The smallest absolute Gasteiger partial charge is 0.349 e. The Hall–Kier alpha value is -2.19. The van der Waals surface area contributed by atoms with Crippen LogP contribution >= 0.6 is 23.2 Å². The summed E-state index contributed by atoms with van der Waals surface area (Å²) >= 11 is 12.2. The second kappa shape index (κ2) is 7.70. The fourth-order valence-corrected chi connectivity index (χ4v) is 5.68. The van der Waals surface area contributed by atoms with E-state index in [-0.39, 0.29) is 33.9 Å². The molecule has 2 bridgehead atoms. The number of hydrogen-bond donors (Lipinski definition) is 2. The van der Waals surface area contributed by atoms with Gasteiger partial charge in [0.15, 0.2) is 5.69 Å². The number of carbonyl (C=O) groups is 1. The van der Waals surface area contributed by atoms with E-state index in [1.807, 2.05) is 0 Å². The number of alkyl halides is 3. The van der Waals surface area contributed by atoms with Crippen molar-refractivity contribution < 1.29 is 18.0 Å². The van der Waals surface area contributed by atoms with Gasteiger partial charge in [0, 0.05) is 17.8 Å². The molecule has 10 heteroatoms. The average Bonchev–Trinajstić information content (AvgIpc) is 3.43. The zero-order valence-corrected chi connectivity index (χ0v) is 18.7. The summed E-state index contributed by atoms with van der Waals surface area (Å²) in [5, 5.41) is 10.4. The molecule has 1 amide bonds. The van der Waals surface area contributed by atoms with Gasteiger partial charge >= 0.3 is 6.18 Å². The summed E-state index contributed by atoms with van der Waals surface area (Å²) in [6, 6.07) is 3.98. The largest absolute Gasteiger partial charge is 0.435 e. The Labute approximate surface area is 192 Å². The molecule has 2 fully saturated rings. The number of anilines is 1. The summed E-state index contributed by atoms with van der Waals surface area (Å²) in [6.07, 6.45) is 1.21. The third kappa shape index (κ3) is 3.57. The molecule has 0 saturated heterocycles. The van der Waals surface area contributed by atoms with Gasteiger partial charge in [-0.25, -0.2) is 4.68 Å². The number of nitrogens with one attached hydrogen (secondary N) is 2. The van der Waals surface area contributed by atoms with Crippen LogP contribution in [0.15, 0.2) is 30.0 Å². The van der Waals surface area contributed by atoms with Crippen LogP contribution in [0.3, 0.4) is 0 Å². The Kier molecular flexibility index (Phi) is 5.21. The summed E-state index contributed by atoms with van der Waals surface area (Å²) in [4.78, 5) is 13.3. The highest BCUT2D eigenvalue weighted by Gasteiger charge is 2.43. The fourth-order valence-electron chi connectivity index (χ4n) is 5.37. The second-order valence-corrected chi connectivity index (χ2v) is 9.65. The summed E-state index contributed by atoms with van der Waals surface area (Å²) < 4.78 is 41.9. The molecule has 1 aliphatic heterocycles. The van der Waals surface area contributed by atoms with Gasteiger partial charge in [-0.05, 0) is 55.7 Å². The maximum absolute atomic E-state index is 13.6. The van der Waals surface area contributed by atoms with Crippen LogP contribution in [0.4, 0.5) is 19.0 Å². The van der Waals surface area contributed by atoms with Crippen molar-refractivity contribution in [2.24, 2.45) is 11.8 Å². The van der Waals surface area contributed by atoms with Crippen LogP contribution in [-0.2, 0) is 11.0 Å². The van der Waals surface area contributed by atoms with Gasteiger partial charge in [0.1, 0.15) is 11.9 Å². The quantitative estimate of drug-likeness (QED) is 0.585. The van der Waals surface area contributed by atoms with Gasteiger partial charge in [-0.15, -0.1) is 0 Å². The van der Waals surface area contributed by atoms with Crippen LogP contribution in [-0.4, -0.2) is 21.7 Å². The van der Waals surface area contributed by atoms with E-state index in [1.165, 1.54) is 24.2 Å². The van der Waals surface area contributed by atoms with Crippen molar-refractivity contribution in [3.05, 3.63) is 56.8 Å². The number of hydrogen-bond acceptors (Lipinski definition) is 3. The van der Waals surface area contributed by atoms with Gasteiger partial charge in [0.25, 0.3) is 5.91 Å². The van der Waals surface area contributed by atoms with E-state index in [4.69, 9.17) is 23.2 Å². The summed E-state index contributed by atoms with van der Waals surface area (Å²) in [7, 11) is 0. The molecule has 3 aliphatic rings. The number of carbonyl (C=O) groups excluding carboxylic acids is 1. The highest BCUT2D eigenvalue weighted by atomic mass is 35.5. The normalized spacial score (nSPS) is 26.5. The van der Waals surface area contributed by atoms with Crippen molar-refractivity contribution in [2.45, 2.75) is 50.9 Å². The van der Waals surface area contributed by atoms with Crippen LogP contribution in [0.5, 0.6) is 0 Å². The van der Waals surface area contributed by atoms with Crippen molar-refractivity contribution >= 4 is 34.9 Å². The number of rotatable bonds is 3. The Bertz CT molecular complexity index is 1130. The lowest BCUT2D eigenvalue weighted by molar-refractivity contribution is -0.141. The number of amides is 1. The third-order valence-corrected chi connectivity index (χ3v) is 7.63. The number of fused-ring (bicyclic) bond motifs is 3. The Morgan fingerprint density at radius 3 is 2.62 bits per heavy atom. The van der Waals surface area contributed by atoms with Crippen molar-refractivity contribution in [1.29, 1.82) is 0 Å².